The number of carbonyl (C=O) groups excluding carboxylic acids is 2. The Bertz CT molecular complexity index is 343. The molecule has 1 aliphatic rings. The van der Waals surface area contributed by atoms with Crippen molar-refractivity contribution in [2.75, 3.05) is 0 Å². The second kappa shape index (κ2) is 10.7. The van der Waals surface area contributed by atoms with Crippen LogP contribution in [0.15, 0.2) is 0 Å². The van der Waals surface area contributed by atoms with E-state index in [1.54, 1.807) is 20.8 Å². The molecule has 1 fully saturated rings. The Kier molecular flexibility index (Phi) is 10.6. The third-order valence-corrected chi connectivity index (χ3v) is 4.06. The van der Waals surface area contributed by atoms with Crippen LogP contribution in [0.4, 0.5) is 0 Å². The first-order chi connectivity index (χ1) is 9.78. The minimum Gasteiger partial charge on any atom is -0.550 e. The van der Waals surface area contributed by atoms with Crippen molar-refractivity contribution in [3.05, 3.63) is 0 Å². The van der Waals surface area contributed by atoms with Gasteiger partial charge in [0.25, 0.3) is 0 Å². The molecule has 0 aromatic rings. The Hall–Kier alpha value is -0.0600. The molecule has 5 heteroatoms. The molecule has 0 spiro atoms. The second-order valence-corrected chi connectivity index (χ2v) is 7.24. The van der Waals surface area contributed by atoms with Gasteiger partial charge in [0.05, 0.1) is 6.42 Å². The van der Waals surface area contributed by atoms with Gasteiger partial charge >= 0.3 is 35.5 Å². The van der Waals surface area contributed by atoms with Gasteiger partial charge in [-0.1, -0.05) is 44.9 Å². The van der Waals surface area contributed by atoms with Crippen molar-refractivity contribution in [2.24, 2.45) is 11.8 Å². The Labute approximate surface area is 156 Å². The SMILES string of the molecule is CC(C)(C)OC(=O)C[C@@H](CCCC1CCCCC1)C(=O)[O-].[Na+]. The summed E-state index contributed by atoms with van der Waals surface area (Å²) >= 11 is 0. The Balaban J connectivity index is 0.00000441. The van der Waals surface area contributed by atoms with Gasteiger partial charge in [0.2, 0.25) is 0 Å². The summed E-state index contributed by atoms with van der Waals surface area (Å²) in [4.78, 5) is 22.9. The summed E-state index contributed by atoms with van der Waals surface area (Å²) in [6.07, 6.45) is 8.81. The largest absolute Gasteiger partial charge is 1.00 e. The molecule has 0 amide bonds. The number of rotatable bonds is 7. The molecule has 0 unspecified atom stereocenters. The van der Waals surface area contributed by atoms with Crippen LogP contribution in [0.5, 0.6) is 0 Å². The van der Waals surface area contributed by atoms with E-state index < -0.39 is 23.5 Å². The van der Waals surface area contributed by atoms with Crippen molar-refractivity contribution in [3.8, 4) is 0 Å². The van der Waals surface area contributed by atoms with Gasteiger partial charge in [-0.25, -0.2) is 0 Å². The third kappa shape index (κ3) is 9.86. The minimum absolute atomic E-state index is 0. The van der Waals surface area contributed by atoms with Gasteiger partial charge in [-0.15, -0.1) is 0 Å². The van der Waals surface area contributed by atoms with Crippen LogP contribution < -0.4 is 34.7 Å². The van der Waals surface area contributed by atoms with Crippen LogP contribution in [0.25, 0.3) is 0 Å². The molecule has 122 valence electrons. The number of carboxylic acid groups (broad SMARTS) is 1. The second-order valence-electron chi connectivity index (χ2n) is 7.24. The van der Waals surface area contributed by atoms with Crippen molar-refractivity contribution in [2.45, 2.75) is 84.2 Å². The number of ether oxygens (including phenoxy) is 1. The number of hydrogen-bond acceptors (Lipinski definition) is 4. The molecular formula is C17H29NaO4. The molecule has 0 aliphatic heterocycles. The zero-order valence-corrected chi connectivity index (χ0v) is 16.7. The quantitative estimate of drug-likeness (QED) is 0.483. The molecular weight excluding hydrogens is 291 g/mol. The van der Waals surface area contributed by atoms with Gasteiger partial charge in [-0.3, -0.25) is 4.79 Å². The van der Waals surface area contributed by atoms with Crippen LogP contribution in [-0.2, 0) is 14.3 Å². The van der Waals surface area contributed by atoms with Crippen molar-refractivity contribution in [3.63, 3.8) is 0 Å². The number of carbonyl (C=O) groups is 2. The van der Waals surface area contributed by atoms with Crippen LogP contribution in [0.2, 0.25) is 0 Å². The molecule has 0 saturated heterocycles. The maximum absolute atomic E-state index is 11.7. The van der Waals surface area contributed by atoms with Crippen molar-refractivity contribution < 1.29 is 49.0 Å². The first kappa shape index (κ1) is 21.9. The van der Waals surface area contributed by atoms with E-state index >= 15 is 0 Å². The van der Waals surface area contributed by atoms with Gasteiger partial charge in [0.15, 0.2) is 0 Å². The van der Waals surface area contributed by atoms with E-state index in [0.717, 1.165) is 18.8 Å². The van der Waals surface area contributed by atoms with E-state index in [4.69, 9.17) is 4.74 Å². The maximum atomic E-state index is 11.7. The van der Waals surface area contributed by atoms with Crippen LogP contribution in [0.1, 0.15) is 78.6 Å². The van der Waals surface area contributed by atoms with Gasteiger partial charge in [0, 0.05) is 11.9 Å². The van der Waals surface area contributed by atoms with E-state index in [9.17, 15) is 14.7 Å². The average Bonchev–Trinajstić information content (AvgIpc) is 2.36. The van der Waals surface area contributed by atoms with Gasteiger partial charge in [0.1, 0.15) is 5.60 Å². The summed E-state index contributed by atoms with van der Waals surface area (Å²) in [6, 6.07) is 0. The molecule has 0 N–H and O–H groups in total. The summed E-state index contributed by atoms with van der Waals surface area (Å²) in [5, 5.41) is 11.2. The summed E-state index contributed by atoms with van der Waals surface area (Å²) in [7, 11) is 0. The van der Waals surface area contributed by atoms with E-state index in [1.807, 2.05) is 0 Å². The van der Waals surface area contributed by atoms with Crippen LogP contribution in [0, 0.1) is 11.8 Å². The number of esters is 1. The molecule has 1 saturated carbocycles. The fraction of sp³-hybridized carbons (Fsp3) is 0.882. The average molecular weight is 320 g/mol. The van der Waals surface area contributed by atoms with Crippen molar-refractivity contribution in [1.82, 2.24) is 0 Å². The van der Waals surface area contributed by atoms with E-state index in [-0.39, 0.29) is 36.0 Å². The minimum atomic E-state index is -1.13. The van der Waals surface area contributed by atoms with Crippen LogP contribution >= 0.6 is 0 Å². The zero-order chi connectivity index (χ0) is 15.9. The number of carboxylic acids is 1. The van der Waals surface area contributed by atoms with Gasteiger partial charge < -0.3 is 14.6 Å². The molecule has 1 atom stereocenters. The Morgan fingerprint density at radius 3 is 2.27 bits per heavy atom. The predicted molar refractivity (Wildman–Crippen MR) is 79.4 cm³/mol. The first-order valence-electron chi connectivity index (χ1n) is 8.20. The smallest absolute Gasteiger partial charge is 0.550 e. The van der Waals surface area contributed by atoms with Gasteiger partial charge in [-0.05, 0) is 33.1 Å². The predicted octanol–water partition coefficient (Wildman–Crippen LogP) is -0.161. The van der Waals surface area contributed by atoms with Crippen molar-refractivity contribution >= 4 is 11.9 Å². The molecule has 0 bridgehead atoms. The molecule has 1 rings (SSSR count). The number of aliphatic carboxylic acids is 1. The fourth-order valence-electron chi connectivity index (χ4n) is 3.02. The molecule has 0 aromatic heterocycles. The summed E-state index contributed by atoms with van der Waals surface area (Å²) in [5.74, 6) is -1.56. The van der Waals surface area contributed by atoms with Crippen LogP contribution in [-0.4, -0.2) is 17.5 Å². The van der Waals surface area contributed by atoms with E-state index in [0.29, 0.717) is 6.42 Å². The molecule has 1 aliphatic carbocycles. The monoisotopic (exact) mass is 320 g/mol. The Morgan fingerprint density at radius 1 is 1.18 bits per heavy atom. The zero-order valence-electron chi connectivity index (χ0n) is 14.7. The molecule has 0 aromatic carbocycles. The molecule has 0 radical (unpaired) electrons. The molecule has 0 heterocycles. The standard InChI is InChI=1S/C17H30O4.Na/c1-17(2,3)21-15(18)12-14(16(19)20)11-7-10-13-8-5-4-6-9-13;/h13-14H,4-12H2,1-3H3,(H,19,20);/q;+1/p-1/t14-;/m1./s1. The summed E-state index contributed by atoms with van der Waals surface area (Å²) in [5.41, 5.74) is -0.574. The number of hydrogen-bond donors (Lipinski definition) is 0. The van der Waals surface area contributed by atoms with Crippen molar-refractivity contribution in [1.29, 1.82) is 0 Å². The Morgan fingerprint density at radius 2 is 1.77 bits per heavy atom. The summed E-state index contributed by atoms with van der Waals surface area (Å²) in [6.45, 7) is 5.34. The van der Waals surface area contributed by atoms with Gasteiger partial charge in [-0.2, -0.15) is 0 Å². The molecule has 22 heavy (non-hydrogen) atoms. The fourth-order valence-corrected chi connectivity index (χ4v) is 3.02. The summed E-state index contributed by atoms with van der Waals surface area (Å²) < 4.78 is 5.18. The third-order valence-electron chi connectivity index (χ3n) is 4.06. The van der Waals surface area contributed by atoms with E-state index in [2.05, 4.69) is 0 Å². The first-order valence-corrected chi connectivity index (χ1v) is 8.20. The van der Waals surface area contributed by atoms with Crippen LogP contribution in [0.3, 0.4) is 0 Å². The topological polar surface area (TPSA) is 66.4 Å². The maximum Gasteiger partial charge on any atom is 1.00 e. The van der Waals surface area contributed by atoms with E-state index in [1.165, 1.54) is 32.1 Å². The normalized spacial score (nSPS) is 17.4. The molecule has 4 nitrogen and oxygen atoms in total.